The van der Waals surface area contributed by atoms with Crippen LogP contribution in [0.2, 0.25) is 0 Å². The highest BCUT2D eigenvalue weighted by Crippen LogP contribution is 2.34. The molecule has 2 heteroatoms. The predicted molar refractivity (Wildman–Crippen MR) is 78.9 cm³/mol. The summed E-state index contributed by atoms with van der Waals surface area (Å²) in [7, 11) is 2.36. The highest BCUT2D eigenvalue weighted by atomic mass is 15.2. The van der Waals surface area contributed by atoms with Crippen LogP contribution < -0.4 is 5.32 Å². The molecule has 1 N–H and O–H groups in total. The second-order valence-electron chi connectivity index (χ2n) is 6.58. The van der Waals surface area contributed by atoms with E-state index in [1.54, 1.807) is 0 Å². The van der Waals surface area contributed by atoms with Crippen molar-refractivity contribution in [3.63, 3.8) is 0 Å². The maximum atomic E-state index is 3.73. The van der Waals surface area contributed by atoms with Crippen LogP contribution in [0.1, 0.15) is 58.8 Å². The molecule has 0 radical (unpaired) electrons. The lowest BCUT2D eigenvalue weighted by Gasteiger charge is -2.42. The highest BCUT2D eigenvalue weighted by Gasteiger charge is 2.34. The standard InChI is InChI=1S/C16H32N2/c1-4-6-13-9-10-15(17-5-2)16(11-13)18(3)12-14-7-8-14/h13-17H,4-12H2,1-3H3. The molecule has 0 amide bonds. The largest absolute Gasteiger partial charge is 0.313 e. The SMILES string of the molecule is CCCC1CCC(NCC)C(N(C)CC2CC2)C1. The fraction of sp³-hybridized carbons (Fsp3) is 1.00. The molecule has 2 saturated carbocycles. The molecular weight excluding hydrogens is 220 g/mol. The molecule has 0 aromatic rings. The van der Waals surface area contributed by atoms with Gasteiger partial charge in [-0.15, -0.1) is 0 Å². The van der Waals surface area contributed by atoms with E-state index < -0.39 is 0 Å². The number of likely N-dealkylation sites (N-methyl/N-ethyl adjacent to an activating group) is 2. The van der Waals surface area contributed by atoms with Crippen molar-refractivity contribution in [3.8, 4) is 0 Å². The van der Waals surface area contributed by atoms with Gasteiger partial charge in [0.05, 0.1) is 0 Å². The lowest BCUT2D eigenvalue weighted by atomic mass is 9.79. The molecule has 0 aromatic carbocycles. The Labute approximate surface area is 114 Å². The first-order valence-electron chi connectivity index (χ1n) is 8.18. The molecule has 2 nitrogen and oxygen atoms in total. The number of nitrogens with one attached hydrogen (secondary N) is 1. The third-order valence-corrected chi connectivity index (χ3v) is 4.90. The molecule has 0 heterocycles. The highest BCUT2D eigenvalue weighted by molar-refractivity contribution is 4.91. The fourth-order valence-electron chi connectivity index (χ4n) is 3.73. The van der Waals surface area contributed by atoms with E-state index in [0.29, 0.717) is 0 Å². The normalized spacial score (nSPS) is 33.0. The van der Waals surface area contributed by atoms with Crippen LogP contribution in [0.4, 0.5) is 0 Å². The van der Waals surface area contributed by atoms with E-state index in [1.807, 2.05) is 0 Å². The molecule has 0 spiro atoms. The van der Waals surface area contributed by atoms with Gasteiger partial charge in [0.15, 0.2) is 0 Å². The van der Waals surface area contributed by atoms with Crippen molar-refractivity contribution in [2.75, 3.05) is 20.1 Å². The number of nitrogens with zero attached hydrogens (tertiary/aromatic N) is 1. The zero-order chi connectivity index (χ0) is 13.0. The van der Waals surface area contributed by atoms with Gasteiger partial charge in [-0.05, 0) is 57.5 Å². The van der Waals surface area contributed by atoms with Crippen molar-refractivity contribution in [1.29, 1.82) is 0 Å². The van der Waals surface area contributed by atoms with Crippen LogP contribution in [0.15, 0.2) is 0 Å². The maximum Gasteiger partial charge on any atom is 0.0249 e. The predicted octanol–water partition coefficient (Wildman–Crippen LogP) is 3.28. The molecular formula is C16H32N2. The lowest BCUT2D eigenvalue weighted by Crippen LogP contribution is -2.52. The van der Waals surface area contributed by atoms with Gasteiger partial charge in [0.1, 0.15) is 0 Å². The first-order valence-corrected chi connectivity index (χ1v) is 8.18. The second kappa shape index (κ2) is 6.91. The minimum Gasteiger partial charge on any atom is -0.313 e. The first kappa shape index (κ1) is 14.3. The van der Waals surface area contributed by atoms with Crippen LogP contribution >= 0.6 is 0 Å². The number of hydrogen-bond donors (Lipinski definition) is 1. The van der Waals surface area contributed by atoms with Gasteiger partial charge in [-0.25, -0.2) is 0 Å². The van der Waals surface area contributed by atoms with E-state index in [2.05, 4.69) is 31.1 Å². The van der Waals surface area contributed by atoms with E-state index >= 15 is 0 Å². The zero-order valence-electron chi connectivity index (χ0n) is 12.6. The Morgan fingerprint density at radius 2 is 1.78 bits per heavy atom. The molecule has 2 aliphatic carbocycles. The molecule has 0 aromatic heterocycles. The number of hydrogen-bond acceptors (Lipinski definition) is 2. The van der Waals surface area contributed by atoms with E-state index in [-0.39, 0.29) is 0 Å². The Hall–Kier alpha value is -0.0800. The van der Waals surface area contributed by atoms with Crippen LogP contribution in [-0.4, -0.2) is 37.1 Å². The molecule has 2 rings (SSSR count). The summed E-state index contributed by atoms with van der Waals surface area (Å²) >= 11 is 0. The van der Waals surface area contributed by atoms with E-state index in [1.165, 1.54) is 51.5 Å². The molecule has 3 unspecified atom stereocenters. The summed E-state index contributed by atoms with van der Waals surface area (Å²) in [6, 6.07) is 1.53. The quantitative estimate of drug-likeness (QED) is 0.748. The van der Waals surface area contributed by atoms with E-state index in [4.69, 9.17) is 0 Å². The Morgan fingerprint density at radius 1 is 1.06 bits per heavy atom. The average Bonchev–Trinajstić information content (AvgIpc) is 3.15. The molecule has 18 heavy (non-hydrogen) atoms. The van der Waals surface area contributed by atoms with Gasteiger partial charge in [-0.1, -0.05) is 26.7 Å². The van der Waals surface area contributed by atoms with Crippen LogP contribution in [0.25, 0.3) is 0 Å². The molecule has 0 saturated heterocycles. The van der Waals surface area contributed by atoms with Crippen molar-refractivity contribution < 1.29 is 0 Å². The molecule has 0 aliphatic heterocycles. The van der Waals surface area contributed by atoms with Crippen molar-refractivity contribution in [2.24, 2.45) is 11.8 Å². The van der Waals surface area contributed by atoms with Gasteiger partial charge in [0.25, 0.3) is 0 Å². The van der Waals surface area contributed by atoms with Gasteiger partial charge in [-0.3, -0.25) is 0 Å². The number of rotatable bonds is 7. The maximum absolute atomic E-state index is 3.73. The third kappa shape index (κ3) is 3.96. The average molecular weight is 252 g/mol. The summed E-state index contributed by atoms with van der Waals surface area (Å²) in [6.07, 6.45) is 10.00. The smallest absolute Gasteiger partial charge is 0.0249 e. The fourth-order valence-corrected chi connectivity index (χ4v) is 3.73. The topological polar surface area (TPSA) is 15.3 Å². The summed E-state index contributed by atoms with van der Waals surface area (Å²) < 4.78 is 0. The minimum atomic E-state index is 0.742. The Morgan fingerprint density at radius 3 is 2.39 bits per heavy atom. The zero-order valence-corrected chi connectivity index (χ0v) is 12.6. The first-order chi connectivity index (χ1) is 8.74. The van der Waals surface area contributed by atoms with Crippen molar-refractivity contribution >= 4 is 0 Å². The van der Waals surface area contributed by atoms with Crippen molar-refractivity contribution in [2.45, 2.75) is 70.9 Å². The third-order valence-electron chi connectivity index (χ3n) is 4.90. The van der Waals surface area contributed by atoms with Crippen LogP contribution in [0, 0.1) is 11.8 Å². The summed E-state index contributed by atoms with van der Waals surface area (Å²) in [5, 5.41) is 3.73. The monoisotopic (exact) mass is 252 g/mol. The lowest BCUT2D eigenvalue weighted by molar-refractivity contribution is 0.113. The van der Waals surface area contributed by atoms with Gasteiger partial charge in [0.2, 0.25) is 0 Å². The second-order valence-corrected chi connectivity index (χ2v) is 6.58. The van der Waals surface area contributed by atoms with Gasteiger partial charge < -0.3 is 10.2 Å². The Balaban J connectivity index is 1.89. The Kier molecular flexibility index (Phi) is 5.50. The molecule has 3 atom stereocenters. The van der Waals surface area contributed by atoms with Crippen LogP contribution in [0.3, 0.4) is 0 Å². The molecule has 106 valence electrons. The molecule has 2 fully saturated rings. The van der Waals surface area contributed by atoms with Crippen molar-refractivity contribution in [1.82, 2.24) is 10.2 Å². The summed E-state index contributed by atoms with van der Waals surface area (Å²) in [5.74, 6) is 2.00. The van der Waals surface area contributed by atoms with Gasteiger partial charge in [0, 0.05) is 18.6 Å². The van der Waals surface area contributed by atoms with Crippen molar-refractivity contribution in [3.05, 3.63) is 0 Å². The van der Waals surface area contributed by atoms with E-state index in [9.17, 15) is 0 Å². The van der Waals surface area contributed by atoms with Gasteiger partial charge in [-0.2, -0.15) is 0 Å². The van der Waals surface area contributed by atoms with Gasteiger partial charge >= 0.3 is 0 Å². The minimum absolute atomic E-state index is 0.742. The summed E-state index contributed by atoms with van der Waals surface area (Å²) in [5.41, 5.74) is 0. The molecule has 0 bridgehead atoms. The van der Waals surface area contributed by atoms with Crippen LogP contribution in [0.5, 0.6) is 0 Å². The summed E-state index contributed by atoms with van der Waals surface area (Å²) in [6.45, 7) is 7.04. The van der Waals surface area contributed by atoms with E-state index in [0.717, 1.165) is 30.5 Å². The molecule has 2 aliphatic rings. The van der Waals surface area contributed by atoms with Crippen LogP contribution in [-0.2, 0) is 0 Å². The summed E-state index contributed by atoms with van der Waals surface area (Å²) in [4.78, 5) is 2.67. The Bertz CT molecular complexity index is 237.